The van der Waals surface area contributed by atoms with E-state index in [1.807, 2.05) is 18.2 Å². The summed E-state index contributed by atoms with van der Waals surface area (Å²) in [5.74, 6) is 1.11. The minimum absolute atomic E-state index is 0.329. The van der Waals surface area contributed by atoms with Crippen LogP contribution in [-0.4, -0.2) is 0 Å². The molecule has 0 aliphatic heterocycles. The molecule has 0 radical (unpaired) electrons. The van der Waals surface area contributed by atoms with E-state index in [4.69, 9.17) is 27.6 Å². The van der Waals surface area contributed by atoms with Gasteiger partial charge < -0.3 is 9.73 Å². The molecule has 0 saturated carbocycles. The Morgan fingerprint density at radius 3 is 2.79 bits per heavy atom. The molecule has 2 aromatic rings. The molecule has 100 valence electrons. The molecule has 0 saturated heterocycles. The maximum absolute atomic E-state index is 6.18. The van der Waals surface area contributed by atoms with E-state index in [0.29, 0.717) is 22.6 Å². The first-order valence-corrected chi connectivity index (χ1v) is 7.24. The summed E-state index contributed by atoms with van der Waals surface area (Å²) < 4.78 is 5.49. The summed E-state index contributed by atoms with van der Waals surface area (Å²) >= 11 is 12.4. The van der Waals surface area contributed by atoms with Gasteiger partial charge in [-0.3, -0.25) is 0 Å². The number of fused-ring (bicyclic) bond motifs is 1. The first-order chi connectivity index (χ1) is 9.25. The molecule has 0 bridgehead atoms. The molecule has 0 amide bonds. The van der Waals surface area contributed by atoms with Crippen molar-refractivity contribution < 1.29 is 4.42 Å². The van der Waals surface area contributed by atoms with E-state index in [-0.39, 0.29) is 0 Å². The molecule has 0 fully saturated rings. The van der Waals surface area contributed by atoms with Crippen molar-refractivity contribution in [3.8, 4) is 0 Å². The van der Waals surface area contributed by atoms with Crippen molar-refractivity contribution in [3.63, 3.8) is 0 Å². The second-order valence-electron chi connectivity index (χ2n) is 4.83. The molecular formula is C15H15Cl2NO. The highest BCUT2D eigenvalue weighted by Gasteiger charge is 2.22. The standard InChI is InChI=1S/C15H15Cl2NO/c16-12-3-1-4-13(17)11(12)9-18-14-5-2-6-15-10(14)7-8-19-15/h1,3-4,7-8,14,18H,2,5-6,9H2. The van der Waals surface area contributed by atoms with Gasteiger partial charge in [-0.2, -0.15) is 0 Å². The fraction of sp³-hybridized carbons (Fsp3) is 0.333. The van der Waals surface area contributed by atoms with Crippen molar-refractivity contribution in [2.24, 2.45) is 0 Å². The molecule has 4 heteroatoms. The van der Waals surface area contributed by atoms with Crippen LogP contribution < -0.4 is 5.32 Å². The van der Waals surface area contributed by atoms with Gasteiger partial charge in [-0.05, 0) is 31.0 Å². The minimum Gasteiger partial charge on any atom is -0.469 e. The van der Waals surface area contributed by atoms with Gasteiger partial charge >= 0.3 is 0 Å². The van der Waals surface area contributed by atoms with Crippen molar-refractivity contribution in [2.45, 2.75) is 31.8 Å². The zero-order valence-electron chi connectivity index (χ0n) is 10.5. The number of halogens is 2. The first-order valence-electron chi connectivity index (χ1n) is 6.48. The van der Waals surface area contributed by atoms with Gasteiger partial charge in [-0.15, -0.1) is 0 Å². The van der Waals surface area contributed by atoms with Gasteiger partial charge in [0.15, 0.2) is 0 Å². The quantitative estimate of drug-likeness (QED) is 0.884. The Hall–Kier alpha value is -0.960. The maximum Gasteiger partial charge on any atom is 0.108 e. The van der Waals surface area contributed by atoms with Crippen LogP contribution in [0.5, 0.6) is 0 Å². The zero-order valence-corrected chi connectivity index (χ0v) is 12.0. The summed E-state index contributed by atoms with van der Waals surface area (Å²) in [4.78, 5) is 0. The molecule has 1 N–H and O–H groups in total. The number of furan rings is 1. The lowest BCUT2D eigenvalue weighted by Gasteiger charge is -2.23. The molecule has 1 unspecified atom stereocenters. The summed E-state index contributed by atoms with van der Waals surface area (Å²) in [6, 6.07) is 7.99. The summed E-state index contributed by atoms with van der Waals surface area (Å²) in [5, 5.41) is 4.96. The fourth-order valence-electron chi connectivity index (χ4n) is 2.62. The third-order valence-corrected chi connectivity index (χ3v) is 4.35. The predicted octanol–water partition coefficient (Wildman–Crippen LogP) is 4.75. The molecule has 1 aliphatic rings. The molecule has 1 atom stereocenters. The zero-order chi connectivity index (χ0) is 13.2. The second kappa shape index (κ2) is 5.58. The summed E-state index contributed by atoms with van der Waals surface area (Å²) in [7, 11) is 0. The van der Waals surface area contributed by atoms with Crippen molar-refractivity contribution in [1.82, 2.24) is 5.32 Å². The molecule has 1 aromatic heterocycles. The SMILES string of the molecule is Clc1cccc(Cl)c1CNC1CCCc2occc21. The van der Waals surface area contributed by atoms with Gasteiger partial charge in [-0.25, -0.2) is 0 Å². The normalized spacial score (nSPS) is 18.3. The van der Waals surface area contributed by atoms with Crippen LogP contribution in [0.25, 0.3) is 0 Å². The Labute approximate surface area is 122 Å². The number of aryl methyl sites for hydroxylation is 1. The highest BCUT2D eigenvalue weighted by atomic mass is 35.5. The van der Waals surface area contributed by atoms with Crippen LogP contribution in [0.2, 0.25) is 10.0 Å². The van der Waals surface area contributed by atoms with Gasteiger partial charge in [0, 0.05) is 40.2 Å². The fourth-order valence-corrected chi connectivity index (χ4v) is 3.16. The van der Waals surface area contributed by atoms with E-state index in [0.717, 1.165) is 30.6 Å². The van der Waals surface area contributed by atoms with Gasteiger partial charge in [0.1, 0.15) is 5.76 Å². The van der Waals surface area contributed by atoms with Crippen molar-refractivity contribution >= 4 is 23.2 Å². The van der Waals surface area contributed by atoms with Gasteiger partial charge in [-0.1, -0.05) is 29.3 Å². The molecule has 0 spiro atoms. The number of hydrogen-bond donors (Lipinski definition) is 1. The van der Waals surface area contributed by atoms with Crippen molar-refractivity contribution in [2.75, 3.05) is 0 Å². The first kappa shape index (κ1) is 13.0. The molecule has 19 heavy (non-hydrogen) atoms. The average molecular weight is 296 g/mol. The van der Waals surface area contributed by atoms with E-state index in [1.165, 1.54) is 5.56 Å². The predicted molar refractivity (Wildman–Crippen MR) is 77.7 cm³/mol. The van der Waals surface area contributed by atoms with Crippen LogP contribution in [0.1, 0.15) is 35.8 Å². The van der Waals surface area contributed by atoms with Gasteiger partial charge in [0.25, 0.3) is 0 Å². The third kappa shape index (κ3) is 2.66. The smallest absolute Gasteiger partial charge is 0.108 e. The molecule has 1 aliphatic carbocycles. The summed E-state index contributed by atoms with van der Waals surface area (Å²) in [5.41, 5.74) is 2.23. The van der Waals surface area contributed by atoms with Crippen LogP contribution in [-0.2, 0) is 13.0 Å². The molecule has 1 heterocycles. The highest BCUT2D eigenvalue weighted by molar-refractivity contribution is 6.35. The highest BCUT2D eigenvalue weighted by Crippen LogP contribution is 2.31. The van der Waals surface area contributed by atoms with Crippen LogP contribution >= 0.6 is 23.2 Å². The second-order valence-corrected chi connectivity index (χ2v) is 5.64. The lowest BCUT2D eigenvalue weighted by atomic mass is 9.93. The molecule has 3 rings (SSSR count). The third-order valence-electron chi connectivity index (χ3n) is 3.64. The van der Waals surface area contributed by atoms with Crippen LogP contribution in [0.3, 0.4) is 0 Å². The Kier molecular flexibility index (Phi) is 3.83. The molecule has 1 aromatic carbocycles. The number of benzene rings is 1. The van der Waals surface area contributed by atoms with Crippen LogP contribution in [0.4, 0.5) is 0 Å². The lowest BCUT2D eigenvalue weighted by molar-refractivity contribution is 0.411. The van der Waals surface area contributed by atoms with Gasteiger partial charge in [0.2, 0.25) is 0 Å². The topological polar surface area (TPSA) is 25.2 Å². The summed E-state index contributed by atoms with van der Waals surface area (Å²) in [6.07, 6.45) is 5.07. The van der Waals surface area contributed by atoms with Crippen LogP contribution in [0.15, 0.2) is 34.9 Å². The van der Waals surface area contributed by atoms with E-state index < -0.39 is 0 Å². The lowest BCUT2D eigenvalue weighted by Crippen LogP contribution is -2.24. The van der Waals surface area contributed by atoms with Gasteiger partial charge in [0.05, 0.1) is 6.26 Å². The van der Waals surface area contributed by atoms with E-state index in [1.54, 1.807) is 6.26 Å². The largest absolute Gasteiger partial charge is 0.469 e. The molecule has 2 nitrogen and oxygen atoms in total. The van der Waals surface area contributed by atoms with E-state index in [2.05, 4.69) is 11.4 Å². The van der Waals surface area contributed by atoms with Crippen LogP contribution in [0, 0.1) is 0 Å². The Bertz CT molecular complexity index is 559. The number of hydrogen-bond acceptors (Lipinski definition) is 2. The van der Waals surface area contributed by atoms with E-state index in [9.17, 15) is 0 Å². The minimum atomic E-state index is 0.329. The maximum atomic E-state index is 6.18. The monoisotopic (exact) mass is 295 g/mol. The number of nitrogens with one attached hydrogen (secondary N) is 1. The van der Waals surface area contributed by atoms with Crippen molar-refractivity contribution in [1.29, 1.82) is 0 Å². The Morgan fingerprint density at radius 2 is 2.00 bits per heavy atom. The van der Waals surface area contributed by atoms with E-state index >= 15 is 0 Å². The Morgan fingerprint density at radius 1 is 1.21 bits per heavy atom. The average Bonchev–Trinajstić information content (AvgIpc) is 2.87. The van der Waals surface area contributed by atoms with Crippen molar-refractivity contribution in [3.05, 3.63) is 57.5 Å². The molecular weight excluding hydrogens is 281 g/mol. The summed E-state index contributed by atoms with van der Waals surface area (Å²) in [6.45, 7) is 0.674. The number of rotatable bonds is 3. The Balaban J connectivity index is 1.74.